The number of nitriles is 1. The molecule has 1 N–H and O–H groups in total. The van der Waals surface area contributed by atoms with Crippen LogP contribution < -0.4 is 5.32 Å². The second-order valence-corrected chi connectivity index (χ2v) is 6.03. The maximum absolute atomic E-state index is 8.85. The molecule has 0 aliphatic heterocycles. The van der Waals surface area contributed by atoms with Crippen LogP contribution in [0.3, 0.4) is 0 Å². The lowest BCUT2D eigenvalue weighted by molar-refractivity contribution is 0.362. The molecule has 1 aromatic rings. The maximum Gasteiger partial charge on any atom is 0.100 e. The smallest absolute Gasteiger partial charge is 0.100 e. The molecule has 3 heteroatoms. The standard InChI is InChI=1S/C14H17BrN2/c1-14(6-2-3-7-14)10-17-12-5-4-11(9-16)13(15)8-12/h4-5,8,17H,2-3,6-7,10H2,1H3. The van der Waals surface area contributed by atoms with Gasteiger partial charge in [-0.05, 0) is 52.4 Å². The summed E-state index contributed by atoms with van der Waals surface area (Å²) in [6.07, 6.45) is 5.35. The van der Waals surface area contributed by atoms with Crippen molar-refractivity contribution in [3.63, 3.8) is 0 Å². The Hall–Kier alpha value is -1.01. The first-order valence-corrected chi connectivity index (χ1v) is 6.86. The molecule has 0 aromatic heterocycles. The third kappa shape index (κ3) is 3.01. The largest absolute Gasteiger partial charge is 0.384 e. The van der Waals surface area contributed by atoms with E-state index in [2.05, 4.69) is 34.2 Å². The van der Waals surface area contributed by atoms with Crippen LogP contribution in [0.2, 0.25) is 0 Å². The van der Waals surface area contributed by atoms with Gasteiger partial charge < -0.3 is 5.32 Å². The van der Waals surface area contributed by atoms with Crippen molar-refractivity contribution in [1.29, 1.82) is 5.26 Å². The van der Waals surface area contributed by atoms with E-state index in [1.165, 1.54) is 25.7 Å². The summed E-state index contributed by atoms with van der Waals surface area (Å²) in [6.45, 7) is 3.37. The lowest BCUT2D eigenvalue weighted by Crippen LogP contribution is -2.22. The molecular formula is C14H17BrN2. The van der Waals surface area contributed by atoms with Gasteiger partial charge in [0.15, 0.2) is 0 Å². The topological polar surface area (TPSA) is 35.8 Å². The quantitative estimate of drug-likeness (QED) is 0.901. The van der Waals surface area contributed by atoms with Crippen molar-refractivity contribution in [2.45, 2.75) is 32.6 Å². The van der Waals surface area contributed by atoms with Gasteiger partial charge in [0.05, 0.1) is 5.56 Å². The van der Waals surface area contributed by atoms with Gasteiger partial charge >= 0.3 is 0 Å². The van der Waals surface area contributed by atoms with Crippen molar-refractivity contribution in [2.24, 2.45) is 5.41 Å². The fraction of sp³-hybridized carbons (Fsp3) is 0.500. The maximum atomic E-state index is 8.85. The van der Waals surface area contributed by atoms with Crippen molar-refractivity contribution in [1.82, 2.24) is 0 Å². The number of rotatable bonds is 3. The molecule has 1 aliphatic rings. The minimum atomic E-state index is 0.445. The van der Waals surface area contributed by atoms with Crippen LogP contribution in [-0.2, 0) is 0 Å². The van der Waals surface area contributed by atoms with Gasteiger partial charge in [0.1, 0.15) is 6.07 Å². The monoisotopic (exact) mass is 292 g/mol. The van der Waals surface area contributed by atoms with Gasteiger partial charge in [-0.3, -0.25) is 0 Å². The molecule has 0 radical (unpaired) electrons. The molecule has 17 heavy (non-hydrogen) atoms. The Morgan fingerprint density at radius 2 is 2.12 bits per heavy atom. The summed E-state index contributed by atoms with van der Waals surface area (Å²) < 4.78 is 0.863. The molecule has 2 rings (SSSR count). The second-order valence-electron chi connectivity index (χ2n) is 5.18. The average Bonchev–Trinajstić information content (AvgIpc) is 2.74. The summed E-state index contributed by atoms with van der Waals surface area (Å²) in [5, 5.41) is 12.3. The van der Waals surface area contributed by atoms with E-state index in [9.17, 15) is 0 Å². The first kappa shape index (κ1) is 12.4. The van der Waals surface area contributed by atoms with Gasteiger partial charge in [-0.2, -0.15) is 5.26 Å². The minimum absolute atomic E-state index is 0.445. The van der Waals surface area contributed by atoms with Crippen LogP contribution >= 0.6 is 15.9 Å². The van der Waals surface area contributed by atoms with Crippen molar-refractivity contribution < 1.29 is 0 Å². The zero-order valence-electron chi connectivity index (χ0n) is 10.1. The van der Waals surface area contributed by atoms with Crippen molar-refractivity contribution in [2.75, 3.05) is 11.9 Å². The number of benzene rings is 1. The third-order valence-electron chi connectivity index (χ3n) is 3.62. The summed E-state index contributed by atoms with van der Waals surface area (Å²) in [6, 6.07) is 7.96. The third-order valence-corrected chi connectivity index (χ3v) is 4.28. The molecule has 90 valence electrons. The molecular weight excluding hydrogens is 276 g/mol. The Bertz CT molecular complexity index is 442. The Morgan fingerprint density at radius 3 is 2.71 bits per heavy atom. The fourth-order valence-electron chi connectivity index (χ4n) is 2.44. The highest BCUT2D eigenvalue weighted by Gasteiger charge is 2.28. The molecule has 0 amide bonds. The summed E-state index contributed by atoms with van der Waals surface area (Å²) in [5.41, 5.74) is 2.21. The first-order valence-electron chi connectivity index (χ1n) is 6.06. The molecule has 1 fully saturated rings. The molecule has 0 saturated heterocycles. The molecule has 0 spiro atoms. The van der Waals surface area contributed by atoms with Crippen molar-refractivity contribution >= 4 is 21.6 Å². The van der Waals surface area contributed by atoms with Gasteiger partial charge in [-0.25, -0.2) is 0 Å². The minimum Gasteiger partial charge on any atom is -0.384 e. The summed E-state index contributed by atoms with van der Waals surface area (Å²) in [7, 11) is 0. The highest BCUT2D eigenvalue weighted by molar-refractivity contribution is 9.10. The van der Waals surface area contributed by atoms with Gasteiger partial charge in [0.2, 0.25) is 0 Å². The van der Waals surface area contributed by atoms with E-state index >= 15 is 0 Å². The van der Waals surface area contributed by atoms with E-state index in [0.717, 1.165) is 16.7 Å². The number of halogens is 1. The van der Waals surface area contributed by atoms with Crippen LogP contribution in [0, 0.1) is 16.7 Å². The predicted molar refractivity (Wildman–Crippen MR) is 73.9 cm³/mol. The molecule has 1 saturated carbocycles. The molecule has 2 nitrogen and oxygen atoms in total. The van der Waals surface area contributed by atoms with Crippen molar-refractivity contribution in [3.05, 3.63) is 28.2 Å². The van der Waals surface area contributed by atoms with Crippen LogP contribution in [-0.4, -0.2) is 6.54 Å². The van der Waals surface area contributed by atoms with Gasteiger partial charge in [0, 0.05) is 16.7 Å². The number of anilines is 1. The number of hydrogen-bond donors (Lipinski definition) is 1. The van der Waals surface area contributed by atoms with E-state index < -0.39 is 0 Å². The molecule has 0 unspecified atom stereocenters. The van der Waals surface area contributed by atoms with Crippen LogP contribution in [0.15, 0.2) is 22.7 Å². The highest BCUT2D eigenvalue weighted by Crippen LogP contribution is 2.37. The van der Waals surface area contributed by atoms with Gasteiger partial charge in [0.25, 0.3) is 0 Å². The van der Waals surface area contributed by atoms with E-state index in [1.54, 1.807) is 0 Å². The second kappa shape index (κ2) is 5.10. The van der Waals surface area contributed by atoms with E-state index in [1.807, 2.05) is 18.2 Å². The van der Waals surface area contributed by atoms with E-state index in [-0.39, 0.29) is 0 Å². The fourth-order valence-corrected chi connectivity index (χ4v) is 2.90. The Kier molecular flexibility index (Phi) is 3.73. The van der Waals surface area contributed by atoms with Crippen molar-refractivity contribution in [3.8, 4) is 6.07 Å². The predicted octanol–water partition coefficient (Wildman–Crippen LogP) is 4.31. The molecule has 0 atom stereocenters. The van der Waals surface area contributed by atoms with Crippen LogP contribution in [0.1, 0.15) is 38.2 Å². The number of nitrogens with one attached hydrogen (secondary N) is 1. The summed E-state index contributed by atoms with van der Waals surface area (Å²) in [5.74, 6) is 0. The molecule has 1 aliphatic carbocycles. The number of hydrogen-bond acceptors (Lipinski definition) is 2. The Morgan fingerprint density at radius 1 is 1.41 bits per heavy atom. The van der Waals surface area contributed by atoms with Crippen LogP contribution in [0.25, 0.3) is 0 Å². The van der Waals surface area contributed by atoms with E-state index in [0.29, 0.717) is 11.0 Å². The SMILES string of the molecule is CC1(CNc2ccc(C#N)c(Br)c2)CCCC1. The zero-order chi connectivity index (χ0) is 12.3. The molecule has 1 aromatic carbocycles. The Balaban J connectivity index is 2.00. The van der Waals surface area contributed by atoms with Crippen LogP contribution in [0.5, 0.6) is 0 Å². The Labute approximate surface area is 111 Å². The lowest BCUT2D eigenvalue weighted by atomic mass is 9.89. The molecule has 0 bridgehead atoms. The summed E-state index contributed by atoms with van der Waals surface area (Å²) in [4.78, 5) is 0. The number of nitrogens with zero attached hydrogens (tertiary/aromatic N) is 1. The first-order chi connectivity index (χ1) is 8.13. The van der Waals surface area contributed by atoms with Crippen LogP contribution in [0.4, 0.5) is 5.69 Å². The van der Waals surface area contributed by atoms with E-state index in [4.69, 9.17) is 5.26 Å². The normalized spacial score (nSPS) is 17.7. The highest BCUT2D eigenvalue weighted by atomic mass is 79.9. The zero-order valence-corrected chi connectivity index (χ0v) is 11.7. The average molecular weight is 293 g/mol. The van der Waals surface area contributed by atoms with Gasteiger partial charge in [-0.1, -0.05) is 19.8 Å². The molecule has 0 heterocycles. The van der Waals surface area contributed by atoms with Gasteiger partial charge in [-0.15, -0.1) is 0 Å². The lowest BCUT2D eigenvalue weighted by Gasteiger charge is -2.24. The summed E-state index contributed by atoms with van der Waals surface area (Å²) >= 11 is 3.41.